The van der Waals surface area contributed by atoms with Crippen molar-refractivity contribution in [1.82, 2.24) is 4.90 Å². The van der Waals surface area contributed by atoms with Crippen LogP contribution in [0.25, 0.3) is 0 Å². The van der Waals surface area contributed by atoms with E-state index < -0.39 is 0 Å². The largest absolute Gasteiger partial charge is 0.495 e. The third-order valence-electron chi connectivity index (χ3n) is 3.59. The van der Waals surface area contributed by atoms with Gasteiger partial charge in [-0.25, -0.2) is 0 Å². The Kier molecular flexibility index (Phi) is 7.14. The lowest BCUT2D eigenvalue weighted by atomic mass is 10.1. The zero-order valence-electron chi connectivity index (χ0n) is 13.1. The molecule has 0 aliphatic carbocycles. The van der Waals surface area contributed by atoms with Gasteiger partial charge in [0.2, 0.25) is 0 Å². The van der Waals surface area contributed by atoms with Gasteiger partial charge in [-0.05, 0) is 37.6 Å². The van der Waals surface area contributed by atoms with E-state index in [-0.39, 0.29) is 0 Å². The van der Waals surface area contributed by atoms with Crippen LogP contribution >= 0.6 is 0 Å². The minimum absolute atomic E-state index is 0.362. The summed E-state index contributed by atoms with van der Waals surface area (Å²) in [5, 5.41) is 0. The molecule has 110 valence electrons. The lowest BCUT2D eigenvalue weighted by molar-refractivity contribution is 0.221. The summed E-state index contributed by atoms with van der Waals surface area (Å²) in [6.07, 6.45) is 2.34. The van der Waals surface area contributed by atoms with Gasteiger partial charge in [-0.1, -0.05) is 31.8 Å². The third-order valence-corrected chi connectivity index (χ3v) is 3.59. The first-order chi connectivity index (χ1) is 9.65. The third kappa shape index (κ3) is 4.56. The smallest absolute Gasteiger partial charge is 0.134 e. The maximum absolute atomic E-state index is 5.44. The second kappa shape index (κ2) is 8.63. The first-order valence-electron chi connectivity index (χ1n) is 7.22. The minimum atomic E-state index is 0.362. The van der Waals surface area contributed by atoms with Crippen LogP contribution in [0.15, 0.2) is 18.2 Å². The van der Waals surface area contributed by atoms with Gasteiger partial charge in [-0.15, -0.1) is 0 Å². The van der Waals surface area contributed by atoms with Crippen molar-refractivity contribution in [3.05, 3.63) is 29.3 Å². The molecule has 0 aromatic heterocycles. The molecule has 0 saturated carbocycles. The molecule has 0 bridgehead atoms. The number of nitrogens with zero attached hydrogens (tertiary/aromatic N) is 1. The Labute approximate surface area is 123 Å². The Morgan fingerprint density at radius 1 is 1.30 bits per heavy atom. The summed E-state index contributed by atoms with van der Waals surface area (Å²) in [5.41, 5.74) is 7.60. The Morgan fingerprint density at radius 3 is 2.55 bits per heavy atom. The van der Waals surface area contributed by atoms with Gasteiger partial charge in [0.25, 0.3) is 0 Å². The highest BCUT2D eigenvalue weighted by atomic mass is 16.5. The number of ether oxygens (including phenoxy) is 1. The summed E-state index contributed by atoms with van der Waals surface area (Å²) >= 11 is 0. The van der Waals surface area contributed by atoms with Gasteiger partial charge in [0, 0.05) is 12.6 Å². The van der Waals surface area contributed by atoms with Crippen molar-refractivity contribution in [3.63, 3.8) is 0 Å². The average Bonchev–Trinajstić information content (AvgIpc) is 2.46. The normalized spacial score (nSPS) is 10.6. The van der Waals surface area contributed by atoms with Crippen molar-refractivity contribution in [2.45, 2.75) is 39.3 Å². The number of rotatable bonds is 6. The molecule has 0 amide bonds. The van der Waals surface area contributed by atoms with Crippen LogP contribution in [0.3, 0.4) is 0 Å². The number of nitrogens with two attached hydrogens (primary N) is 1. The van der Waals surface area contributed by atoms with E-state index in [1.165, 1.54) is 18.4 Å². The summed E-state index contributed by atoms with van der Waals surface area (Å²) in [4.78, 5) is 2.39. The summed E-state index contributed by atoms with van der Waals surface area (Å²) in [7, 11) is 3.84. The predicted octanol–water partition coefficient (Wildman–Crippen LogP) is 2.63. The molecule has 20 heavy (non-hydrogen) atoms. The Bertz CT molecular complexity index is 470. The standard InChI is InChI=1S/C17H26N2O/c1-5-16(6-2)19(3)13-14-9-10-17(20-4)15(12-14)8-7-11-18/h9-10,12,16H,5-6,11,13,18H2,1-4H3. The number of hydrogen-bond donors (Lipinski definition) is 1. The van der Waals surface area contributed by atoms with Gasteiger partial charge in [-0.3, -0.25) is 4.90 Å². The van der Waals surface area contributed by atoms with E-state index >= 15 is 0 Å². The Hall–Kier alpha value is -1.50. The van der Waals surface area contributed by atoms with E-state index in [1.807, 2.05) is 6.07 Å². The molecule has 0 radical (unpaired) electrons. The fraction of sp³-hybridized carbons (Fsp3) is 0.529. The SMILES string of the molecule is CCC(CC)N(C)Cc1ccc(OC)c(C#CCN)c1. The van der Waals surface area contributed by atoms with Crippen LogP contribution in [-0.4, -0.2) is 31.6 Å². The minimum Gasteiger partial charge on any atom is -0.495 e. The summed E-state index contributed by atoms with van der Waals surface area (Å²) in [6.45, 7) is 5.75. The molecular formula is C17H26N2O. The van der Waals surface area contributed by atoms with Gasteiger partial charge in [0.1, 0.15) is 5.75 Å². The van der Waals surface area contributed by atoms with E-state index in [0.29, 0.717) is 12.6 Å². The molecule has 0 spiro atoms. The molecule has 1 rings (SSSR count). The molecule has 3 heteroatoms. The molecule has 3 nitrogen and oxygen atoms in total. The van der Waals surface area contributed by atoms with Gasteiger partial charge in [0.05, 0.1) is 19.2 Å². The molecule has 0 aliphatic heterocycles. The maximum Gasteiger partial charge on any atom is 0.134 e. The molecule has 0 fully saturated rings. The number of hydrogen-bond acceptors (Lipinski definition) is 3. The number of benzene rings is 1. The highest BCUT2D eigenvalue weighted by Gasteiger charge is 2.11. The molecule has 0 atom stereocenters. The second-order valence-corrected chi connectivity index (χ2v) is 4.93. The topological polar surface area (TPSA) is 38.5 Å². The van der Waals surface area contributed by atoms with E-state index in [2.05, 4.69) is 49.8 Å². The van der Waals surface area contributed by atoms with E-state index in [4.69, 9.17) is 10.5 Å². The molecule has 1 aromatic rings. The lowest BCUT2D eigenvalue weighted by Crippen LogP contribution is -2.29. The lowest BCUT2D eigenvalue weighted by Gasteiger charge is -2.26. The molecule has 1 aromatic carbocycles. The monoisotopic (exact) mass is 274 g/mol. The van der Waals surface area contributed by atoms with Crippen LogP contribution in [0.4, 0.5) is 0 Å². The van der Waals surface area contributed by atoms with Gasteiger partial charge in [0.15, 0.2) is 0 Å². The molecule has 0 saturated heterocycles. The van der Waals surface area contributed by atoms with Crippen molar-refractivity contribution in [3.8, 4) is 17.6 Å². The van der Waals surface area contributed by atoms with Crippen molar-refractivity contribution in [1.29, 1.82) is 0 Å². The van der Waals surface area contributed by atoms with Gasteiger partial charge < -0.3 is 10.5 Å². The Balaban J connectivity index is 2.91. The van der Waals surface area contributed by atoms with E-state index in [1.54, 1.807) is 7.11 Å². The van der Waals surface area contributed by atoms with Gasteiger partial charge in [-0.2, -0.15) is 0 Å². The van der Waals surface area contributed by atoms with E-state index in [9.17, 15) is 0 Å². The van der Waals surface area contributed by atoms with Crippen LogP contribution in [0.1, 0.15) is 37.8 Å². The molecular weight excluding hydrogens is 248 g/mol. The van der Waals surface area contributed by atoms with E-state index in [0.717, 1.165) is 17.9 Å². The van der Waals surface area contributed by atoms with Crippen LogP contribution in [-0.2, 0) is 6.54 Å². The van der Waals surface area contributed by atoms with Crippen molar-refractivity contribution >= 4 is 0 Å². The van der Waals surface area contributed by atoms with Gasteiger partial charge >= 0.3 is 0 Å². The zero-order chi connectivity index (χ0) is 15.0. The van der Waals surface area contributed by atoms with Crippen LogP contribution in [0.2, 0.25) is 0 Å². The second-order valence-electron chi connectivity index (χ2n) is 4.93. The zero-order valence-corrected chi connectivity index (χ0v) is 13.1. The summed E-state index contributed by atoms with van der Waals surface area (Å²) in [5.74, 6) is 6.77. The first kappa shape index (κ1) is 16.6. The van der Waals surface area contributed by atoms with Crippen molar-refractivity contribution < 1.29 is 4.74 Å². The maximum atomic E-state index is 5.44. The first-order valence-corrected chi connectivity index (χ1v) is 7.22. The molecule has 2 N–H and O–H groups in total. The number of methoxy groups -OCH3 is 1. The average molecular weight is 274 g/mol. The van der Waals surface area contributed by atoms with Crippen LogP contribution in [0, 0.1) is 11.8 Å². The molecule has 0 heterocycles. The van der Waals surface area contributed by atoms with Crippen molar-refractivity contribution in [2.24, 2.45) is 5.73 Å². The van der Waals surface area contributed by atoms with Crippen LogP contribution in [0.5, 0.6) is 5.75 Å². The fourth-order valence-corrected chi connectivity index (χ4v) is 2.43. The molecule has 0 unspecified atom stereocenters. The fourth-order valence-electron chi connectivity index (χ4n) is 2.43. The highest BCUT2D eigenvalue weighted by Crippen LogP contribution is 2.20. The summed E-state index contributed by atoms with van der Waals surface area (Å²) in [6, 6.07) is 6.80. The van der Waals surface area contributed by atoms with Crippen LogP contribution < -0.4 is 10.5 Å². The van der Waals surface area contributed by atoms with Crippen molar-refractivity contribution in [2.75, 3.05) is 20.7 Å². The molecule has 0 aliphatic rings. The summed E-state index contributed by atoms with van der Waals surface area (Å²) < 4.78 is 5.34. The quantitative estimate of drug-likeness (QED) is 0.810. The highest BCUT2D eigenvalue weighted by molar-refractivity contribution is 5.48. The predicted molar refractivity (Wildman–Crippen MR) is 84.8 cm³/mol. The Morgan fingerprint density at radius 2 is 2.00 bits per heavy atom.